The molecule has 0 saturated carbocycles. The molecule has 0 spiro atoms. The van der Waals surface area contributed by atoms with Crippen molar-refractivity contribution in [2.45, 2.75) is 0 Å². The average Bonchev–Trinajstić information content (AvgIpc) is 2.51. The Labute approximate surface area is 98.2 Å². The number of nitrogens with zero attached hydrogens (tertiary/aromatic N) is 2. The molecule has 0 atom stereocenters. The van der Waals surface area contributed by atoms with Crippen LogP contribution in [0.25, 0.3) is 5.69 Å². The van der Waals surface area contributed by atoms with E-state index in [4.69, 9.17) is 0 Å². The zero-order valence-electron chi connectivity index (χ0n) is 6.61. The van der Waals surface area contributed by atoms with Crippen LogP contribution < -0.4 is 0 Å². The molecule has 2 rings (SSSR count). The van der Waals surface area contributed by atoms with Crippen LogP contribution >= 0.6 is 38.5 Å². The Morgan fingerprint density at radius 3 is 2.77 bits per heavy atom. The summed E-state index contributed by atoms with van der Waals surface area (Å²) in [4.78, 5) is 0. The summed E-state index contributed by atoms with van der Waals surface area (Å²) in [5, 5.41) is 4.22. The second-order valence-electron chi connectivity index (χ2n) is 2.55. The van der Waals surface area contributed by atoms with Crippen molar-refractivity contribution in [2.75, 3.05) is 0 Å². The van der Waals surface area contributed by atoms with E-state index in [0.29, 0.717) is 0 Å². The van der Waals surface area contributed by atoms with Gasteiger partial charge >= 0.3 is 0 Å². The summed E-state index contributed by atoms with van der Waals surface area (Å²) < 4.78 is 4.07. The lowest BCUT2D eigenvalue weighted by Gasteiger charge is -2.02. The van der Waals surface area contributed by atoms with Gasteiger partial charge in [0.2, 0.25) is 0 Å². The van der Waals surface area contributed by atoms with E-state index >= 15 is 0 Å². The van der Waals surface area contributed by atoms with E-state index in [-0.39, 0.29) is 0 Å². The number of hydrogen-bond acceptors (Lipinski definition) is 1. The van der Waals surface area contributed by atoms with Crippen LogP contribution in [0.3, 0.4) is 0 Å². The van der Waals surface area contributed by atoms with Crippen molar-refractivity contribution in [1.82, 2.24) is 9.78 Å². The number of benzene rings is 1. The van der Waals surface area contributed by atoms with Crippen LogP contribution in [0, 0.1) is 3.70 Å². The molecule has 0 aliphatic carbocycles. The third kappa shape index (κ3) is 1.94. The molecule has 0 unspecified atom stereocenters. The highest BCUT2D eigenvalue weighted by Gasteiger charge is 2.00. The van der Waals surface area contributed by atoms with E-state index in [1.54, 1.807) is 6.20 Å². The summed E-state index contributed by atoms with van der Waals surface area (Å²) in [5.74, 6) is 0. The fourth-order valence-corrected chi connectivity index (χ4v) is 2.04. The van der Waals surface area contributed by atoms with Crippen LogP contribution in [0.1, 0.15) is 0 Å². The van der Waals surface area contributed by atoms with Crippen molar-refractivity contribution in [1.29, 1.82) is 0 Å². The maximum absolute atomic E-state index is 4.22. The number of rotatable bonds is 1. The molecule has 2 nitrogen and oxygen atoms in total. The molecule has 1 heterocycles. The summed E-state index contributed by atoms with van der Waals surface area (Å²) in [5.41, 5.74) is 1.07. The van der Waals surface area contributed by atoms with Crippen molar-refractivity contribution >= 4 is 38.5 Å². The Morgan fingerprint density at radius 2 is 2.15 bits per heavy atom. The largest absolute Gasteiger partial charge is 0.228 e. The van der Waals surface area contributed by atoms with Gasteiger partial charge in [0, 0.05) is 4.47 Å². The molecule has 2 aromatic rings. The first-order valence-electron chi connectivity index (χ1n) is 3.73. The van der Waals surface area contributed by atoms with Gasteiger partial charge in [-0.15, -0.1) is 0 Å². The lowest BCUT2D eigenvalue weighted by molar-refractivity contribution is 0.858. The van der Waals surface area contributed by atoms with Gasteiger partial charge in [-0.1, -0.05) is 22.0 Å². The molecule has 0 fully saturated rings. The van der Waals surface area contributed by atoms with Gasteiger partial charge in [0.05, 0.1) is 11.9 Å². The van der Waals surface area contributed by atoms with E-state index in [2.05, 4.69) is 43.6 Å². The third-order valence-electron chi connectivity index (χ3n) is 1.65. The highest BCUT2D eigenvalue weighted by molar-refractivity contribution is 14.1. The quantitative estimate of drug-likeness (QED) is 0.723. The number of aromatic nitrogens is 2. The van der Waals surface area contributed by atoms with Crippen LogP contribution in [-0.4, -0.2) is 9.78 Å². The molecule has 0 N–H and O–H groups in total. The average molecular weight is 349 g/mol. The van der Waals surface area contributed by atoms with Gasteiger partial charge in [0.1, 0.15) is 3.70 Å². The third-order valence-corrected chi connectivity index (χ3v) is 2.96. The zero-order chi connectivity index (χ0) is 9.26. The number of halogens is 2. The second kappa shape index (κ2) is 3.79. The minimum absolute atomic E-state index is 1.07. The SMILES string of the molecule is Brc1cccc(-n2nccc2I)c1. The smallest absolute Gasteiger partial charge is 0.105 e. The van der Waals surface area contributed by atoms with Crippen LogP contribution in [0.2, 0.25) is 0 Å². The van der Waals surface area contributed by atoms with Crippen LogP contribution in [0.4, 0.5) is 0 Å². The maximum atomic E-state index is 4.22. The normalized spacial score (nSPS) is 10.3. The zero-order valence-corrected chi connectivity index (χ0v) is 10.4. The molecule has 1 aromatic carbocycles. The monoisotopic (exact) mass is 348 g/mol. The van der Waals surface area contributed by atoms with E-state index in [1.165, 1.54) is 0 Å². The molecule has 0 aliphatic rings. The lowest BCUT2D eigenvalue weighted by atomic mass is 10.3. The first kappa shape index (κ1) is 9.21. The van der Waals surface area contributed by atoms with Crippen LogP contribution in [0.15, 0.2) is 41.0 Å². The predicted molar refractivity (Wildman–Crippen MR) is 64.0 cm³/mol. The summed E-state index contributed by atoms with van der Waals surface area (Å²) in [6, 6.07) is 10.0. The van der Waals surface area contributed by atoms with Crippen molar-refractivity contribution < 1.29 is 0 Å². The van der Waals surface area contributed by atoms with Gasteiger partial charge < -0.3 is 0 Å². The molecule has 1 aromatic heterocycles. The molecule has 0 amide bonds. The highest BCUT2D eigenvalue weighted by Crippen LogP contribution is 2.16. The molecule has 13 heavy (non-hydrogen) atoms. The predicted octanol–water partition coefficient (Wildman–Crippen LogP) is 3.24. The summed E-state index contributed by atoms with van der Waals surface area (Å²) in [6.07, 6.45) is 1.79. The molecule has 0 aliphatic heterocycles. The van der Waals surface area contributed by atoms with Crippen molar-refractivity contribution in [3.8, 4) is 5.69 Å². The van der Waals surface area contributed by atoms with Gasteiger partial charge in [-0.05, 0) is 46.9 Å². The van der Waals surface area contributed by atoms with Crippen molar-refractivity contribution in [3.63, 3.8) is 0 Å². The standard InChI is InChI=1S/C9H6BrIN2/c10-7-2-1-3-8(6-7)13-9(11)4-5-12-13/h1-6H. The lowest BCUT2D eigenvalue weighted by Crippen LogP contribution is -1.97. The Morgan fingerprint density at radius 1 is 1.31 bits per heavy atom. The molecule has 66 valence electrons. The summed E-state index contributed by atoms with van der Waals surface area (Å²) in [6.45, 7) is 0. The fourth-order valence-electron chi connectivity index (χ4n) is 1.09. The minimum Gasteiger partial charge on any atom is -0.228 e. The van der Waals surface area contributed by atoms with E-state index in [0.717, 1.165) is 13.9 Å². The molecular weight excluding hydrogens is 343 g/mol. The van der Waals surface area contributed by atoms with Gasteiger partial charge in [-0.25, -0.2) is 4.68 Å². The highest BCUT2D eigenvalue weighted by atomic mass is 127. The Hall–Kier alpha value is -0.360. The van der Waals surface area contributed by atoms with Gasteiger partial charge in [-0.2, -0.15) is 5.10 Å². The van der Waals surface area contributed by atoms with Gasteiger partial charge in [-0.3, -0.25) is 0 Å². The number of hydrogen-bond donors (Lipinski definition) is 0. The van der Waals surface area contributed by atoms with Crippen LogP contribution in [-0.2, 0) is 0 Å². The first-order chi connectivity index (χ1) is 6.27. The van der Waals surface area contributed by atoms with E-state index in [9.17, 15) is 0 Å². The molecular formula is C9H6BrIN2. The second-order valence-corrected chi connectivity index (χ2v) is 4.57. The van der Waals surface area contributed by atoms with Crippen molar-refractivity contribution in [3.05, 3.63) is 44.7 Å². The molecule has 0 radical (unpaired) electrons. The van der Waals surface area contributed by atoms with E-state index < -0.39 is 0 Å². The Bertz CT molecular complexity index is 425. The Kier molecular flexibility index (Phi) is 2.69. The fraction of sp³-hybridized carbons (Fsp3) is 0. The summed E-state index contributed by atoms with van der Waals surface area (Å²) >= 11 is 5.68. The van der Waals surface area contributed by atoms with E-state index in [1.807, 2.05) is 35.0 Å². The Balaban J connectivity index is 2.53. The molecule has 4 heteroatoms. The maximum Gasteiger partial charge on any atom is 0.105 e. The topological polar surface area (TPSA) is 17.8 Å². The molecule has 0 saturated heterocycles. The van der Waals surface area contributed by atoms with Crippen LogP contribution in [0.5, 0.6) is 0 Å². The van der Waals surface area contributed by atoms with Crippen molar-refractivity contribution in [2.24, 2.45) is 0 Å². The van der Waals surface area contributed by atoms with Gasteiger partial charge in [0.15, 0.2) is 0 Å². The van der Waals surface area contributed by atoms with Gasteiger partial charge in [0.25, 0.3) is 0 Å². The molecule has 0 bridgehead atoms. The minimum atomic E-state index is 1.07. The summed E-state index contributed by atoms with van der Waals surface area (Å²) in [7, 11) is 0. The first-order valence-corrected chi connectivity index (χ1v) is 5.60.